The summed E-state index contributed by atoms with van der Waals surface area (Å²) in [4.78, 5) is 17.7. The Morgan fingerprint density at radius 3 is 2.67 bits per heavy atom. The van der Waals surface area contributed by atoms with E-state index >= 15 is 0 Å². The molecule has 0 fully saturated rings. The SMILES string of the molecule is COc1ncc(F)cc1C(=O)N(C)[C@H](C)c1ccc(F)cc1C#N. The lowest BCUT2D eigenvalue weighted by atomic mass is 10.0. The van der Waals surface area contributed by atoms with Crippen molar-refractivity contribution < 1.29 is 18.3 Å². The van der Waals surface area contributed by atoms with E-state index in [0.29, 0.717) is 5.56 Å². The Morgan fingerprint density at radius 2 is 2.04 bits per heavy atom. The number of aromatic nitrogens is 1. The molecule has 0 aliphatic heterocycles. The van der Waals surface area contributed by atoms with Crippen molar-refractivity contribution in [2.75, 3.05) is 14.2 Å². The molecule has 0 N–H and O–H groups in total. The third kappa shape index (κ3) is 3.33. The average Bonchev–Trinajstić information content (AvgIpc) is 2.59. The van der Waals surface area contributed by atoms with E-state index in [1.165, 1.54) is 31.2 Å². The maximum atomic E-state index is 13.4. The van der Waals surface area contributed by atoms with Crippen LogP contribution in [-0.4, -0.2) is 29.9 Å². The van der Waals surface area contributed by atoms with Gasteiger partial charge >= 0.3 is 0 Å². The first-order valence-electron chi connectivity index (χ1n) is 7.05. The number of pyridine rings is 1. The van der Waals surface area contributed by atoms with Crippen molar-refractivity contribution in [2.45, 2.75) is 13.0 Å². The molecule has 124 valence electrons. The Hall–Kier alpha value is -3.01. The molecule has 0 spiro atoms. The zero-order chi connectivity index (χ0) is 17.9. The summed E-state index contributed by atoms with van der Waals surface area (Å²) in [5.74, 6) is -1.73. The Bertz CT molecular complexity index is 818. The molecule has 7 heteroatoms. The Kier molecular flexibility index (Phi) is 5.09. The highest BCUT2D eigenvalue weighted by molar-refractivity contribution is 5.96. The van der Waals surface area contributed by atoms with Crippen LogP contribution in [0, 0.1) is 23.0 Å². The second-order valence-electron chi connectivity index (χ2n) is 5.15. The topological polar surface area (TPSA) is 66.2 Å². The number of carbonyl (C=O) groups is 1. The van der Waals surface area contributed by atoms with Gasteiger partial charge in [0.25, 0.3) is 5.91 Å². The summed E-state index contributed by atoms with van der Waals surface area (Å²) in [6.45, 7) is 1.69. The van der Waals surface area contributed by atoms with Gasteiger partial charge in [0, 0.05) is 7.05 Å². The molecule has 0 aliphatic rings. The maximum absolute atomic E-state index is 13.4. The van der Waals surface area contributed by atoms with Gasteiger partial charge < -0.3 is 9.64 Å². The van der Waals surface area contributed by atoms with Gasteiger partial charge in [0.1, 0.15) is 17.2 Å². The Morgan fingerprint density at radius 1 is 1.33 bits per heavy atom. The van der Waals surface area contributed by atoms with Crippen molar-refractivity contribution in [3.05, 3.63) is 58.8 Å². The molecule has 0 saturated heterocycles. The second kappa shape index (κ2) is 7.04. The normalized spacial score (nSPS) is 11.5. The van der Waals surface area contributed by atoms with Gasteiger partial charge in [-0.25, -0.2) is 13.8 Å². The van der Waals surface area contributed by atoms with E-state index in [4.69, 9.17) is 10.00 Å². The van der Waals surface area contributed by atoms with E-state index in [1.54, 1.807) is 6.92 Å². The third-order valence-corrected chi connectivity index (χ3v) is 3.73. The number of hydrogen-bond donors (Lipinski definition) is 0. The van der Waals surface area contributed by atoms with Gasteiger partial charge in [-0.05, 0) is 30.7 Å². The standard InChI is InChI=1S/C17H15F2N3O2/c1-10(14-5-4-12(18)6-11(14)8-20)22(2)17(23)15-7-13(19)9-21-16(15)24-3/h4-7,9-10H,1-3H3/t10-/m1/s1. The lowest BCUT2D eigenvalue weighted by Crippen LogP contribution is -2.30. The number of hydrogen-bond acceptors (Lipinski definition) is 4. The highest BCUT2D eigenvalue weighted by atomic mass is 19.1. The van der Waals surface area contributed by atoms with Gasteiger partial charge in [-0.2, -0.15) is 5.26 Å². The van der Waals surface area contributed by atoms with E-state index in [9.17, 15) is 13.6 Å². The fourth-order valence-corrected chi connectivity index (χ4v) is 2.31. The van der Waals surface area contributed by atoms with E-state index in [-0.39, 0.29) is 17.0 Å². The Labute approximate surface area is 138 Å². The molecule has 1 aromatic carbocycles. The van der Waals surface area contributed by atoms with Crippen molar-refractivity contribution in [1.29, 1.82) is 5.26 Å². The molecule has 0 aliphatic carbocycles. The maximum Gasteiger partial charge on any atom is 0.259 e. The zero-order valence-electron chi connectivity index (χ0n) is 13.4. The van der Waals surface area contributed by atoms with Crippen LogP contribution in [0.5, 0.6) is 5.88 Å². The molecule has 5 nitrogen and oxygen atoms in total. The predicted molar refractivity (Wildman–Crippen MR) is 82.4 cm³/mol. The van der Waals surface area contributed by atoms with Gasteiger partial charge in [0.05, 0.1) is 31.0 Å². The predicted octanol–water partition coefficient (Wildman–Crippen LogP) is 3.07. The molecule has 1 aromatic heterocycles. The van der Waals surface area contributed by atoms with Crippen molar-refractivity contribution in [2.24, 2.45) is 0 Å². The van der Waals surface area contributed by atoms with Gasteiger partial charge in [-0.15, -0.1) is 0 Å². The molecule has 2 rings (SSSR count). The number of nitrogens with zero attached hydrogens (tertiary/aromatic N) is 3. The Balaban J connectivity index is 2.38. The number of halogens is 2. The number of nitriles is 1. The molecule has 0 bridgehead atoms. The summed E-state index contributed by atoms with van der Waals surface area (Å²) in [5.41, 5.74) is 0.581. The summed E-state index contributed by atoms with van der Waals surface area (Å²) in [6, 6.07) is 6.17. The van der Waals surface area contributed by atoms with Crippen LogP contribution >= 0.6 is 0 Å². The van der Waals surface area contributed by atoms with Crippen molar-refractivity contribution in [3.8, 4) is 11.9 Å². The van der Waals surface area contributed by atoms with E-state index in [1.807, 2.05) is 6.07 Å². The molecule has 0 unspecified atom stereocenters. The summed E-state index contributed by atoms with van der Waals surface area (Å²) < 4.78 is 31.7. The fourth-order valence-electron chi connectivity index (χ4n) is 2.31. The number of benzene rings is 1. The van der Waals surface area contributed by atoms with Crippen LogP contribution in [-0.2, 0) is 0 Å². The molecule has 1 amide bonds. The highest BCUT2D eigenvalue weighted by Gasteiger charge is 2.24. The lowest BCUT2D eigenvalue weighted by molar-refractivity contribution is 0.0737. The quantitative estimate of drug-likeness (QED) is 0.863. The number of methoxy groups -OCH3 is 1. The van der Waals surface area contributed by atoms with Crippen molar-refractivity contribution in [1.82, 2.24) is 9.88 Å². The lowest BCUT2D eigenvalue weighted by Gasteiger charge is -2.26. The highest BCUT2D eigenvalue weighted by Crippen LogP contribution is 2.26. The minimum atomic E-state index is -0.667. The van der Waals surface area contributed by atoms with Crippen LogP contribution in [0.25, 0.3) is 0 Å². The first-order valence-corrected chi connectivity index (χ1v) is 7.05. The van der Waals surface area contributed by atoms with E-state index in [0.717, 1.165) is 18.3 Å². The average molecular weight is 331 g/mol. The van der Waals surface area contributed by atoms with Gasteiger partial charge in [0.15, 0.2) is 0 Å². The minimum Gasteiger partial charge on any atom is -0.480 e. The molecule has 2 aromatic rings. The molecule has 1 heterocycles. The first-order chi connectivity index (χ1) is 11.4. The summed E-state index contributed by atoms with van der Waals surface area (Å²) >= 11 is 0. The zero-order valence-corrected chi connectivity index (χ0v) is 13.4. The van der Waals surface area contributed by atoms with Gasteiger partial charge in [-0.1, -0.05) is 6.07 Å². The molecule has 0 saturated carbocycles. The third-order valence-electron chi connectivity index (χ3n) is 3.73. The first kappa shape index (κ1) is 17.3. The van der Waals surface area contributed by atoms with Crippen molar-refractivity contribution in [3.63, 3.8) is 0 Å². The second-order valence-corrected chi connectivity index (χ2v) is 5.15. The number of rotatable bonds is 4. The van der Waals surface area contributed by atoms with Crippen LogP contribution in [0.3, 0.4) is 0 Å². The van der Waals surface area contributed by atoms with Crippen molar-refractivity contribution >= 4 is 5.91 Å². The van der Waals surface area contributed by atoms with Gasteiger partial charge in [-0.3, -0.25) is 4.79 Å². The molecule has 1 atom stereocenters. The largest absolute Gasteiger partial charge is 0.480 e. The monoisotopic (exact) mass is 331 g/mol. The fraction of sp³-hybridized carbons (Fsp3) is 0.235. The number of amides is 1. The smallest absolute Gasteiger partial charge is 0.259 e. The number of carbonyl (C=O) groups excluding carboxylic acids is 1. The van der Waals surface area contributed by atoms with E-state index in [2.05, 4.69) is 4.98 Å². The molecule has 24 heavy (non-hydrogen) atoms. The van der Waals surface area contributed by atoms with Crippen LogP contribution in [0.2, 0.25) is 0 Å². The molecular weight excluding hydrogens is 316 g/mol. The molecule has 0 radical (unpaired) electrons. The van der Waals surface area contributed by atoms with Crippen LogP contribution in [0.1, 0.15) is 34.5 Å². The summed E-state index contributed by atoms with van der Waals surface area (Å²) in [6.07, 6.45) is 0.951. The van der Waals surface area contributed by atoms with E-state index < -0.39 is 23.6 Å². The minimum absolute atomic E-state index is 0.0000581. The van der Waals surface area contributed by atoms with Crippen LogP contribution < -0.4 is 4.74 Å². The summed E-state index contributed by atoms with van der Waals surface area (Å²) in [5, 5.41) is 9.15. The van der Waals surface area contributed by atoms with Crippen LogP contribution in [0.15, 0.2) is 30.5 Å². The van der Waals surface area contributed by atoms with Crippen LogP contribution in [0.4, 0.5) is 8.78 Å². The summed E-state index contributed by atoms with van der Waals surface area (Å²) in [7, 11) is 2.83. The molecular formula is C17H15F2N3O2. The number of ether oxygens (including phenoxy) is 1. The van der Waals surface area contributed by atoms with Gasteiger partial charge in [0.2, 0.25) is 5.88 Å².